The van der Waals surface area contributed by atoms with Crippen LogP contribution in [0.2, 0.25) is 0 Å². The maximum absolute atomic E-state index is 13.7. The first-order valence-corrected chi connectivity index (χ1v) is 9.38. The summed E-state index contributed by atoms with van der Waals surface area (Å²) in [5.41, 5.74) is 2.35. The van der Waals surface area contributed by atoms with Crippen LogP contribution in [-0.2, 0) is 4.74 Å². The van der Waals surface area contributed by atoms with Crippen molar-refractivity contribution in [2.75, 3.05) is 4.43 Å². The van der Waals surface area contributed by atoms with Crippen molar-refractivity contribution in [1.29, 1.82) is 0 Å². The van der Waals surface area contributed by atoms with Crippen LogP contribution >= 0.6 is 34.4 Å². The summed E-state index contributed by atoms with van der Waals surface area (Å²) in [6.07, 6.45) is 1.25. The monoisotopic (exact) mass is 412 g/mol. The Morgan fingerprint density at radius 1 is 1.14 bits per heavy atom. The first kappa shape index (κ1) is 14.0. The second kappa shape index (κ2) is 5.56. The highest BCUT2D eigenvalue weighted by Gasteiger charge is 2.40. The number of fused-ring (bicyclic) bond motifs is 5. The van der Waals surface area contributed by atoms with Crippen LogP contribution in [0, 0.1) is 5.82 Å². The van der Waals surface area contributed by atoms with Crippen LogP contribution in [0.5, 0.6) is 0 Å². The molecule has 3 atom stereocenters. The van der Waals surface area contributed by atoms with Gasteiger partial charge in [-0.25, -0.2) is 4.39 Å². The van der Waals surface area contributed by atoms with E-state index in [9.17, 15) is 4.39 Å². The molecule has 2 aromatic rings. The maximum Gasteiger partial charge on any atom is 0.123 e. The van der Waals surface area contributed by atoms with E-state index < -0.39 is 0 Å². The normalized spacial score (nSPS) is 26.7. The molecule has 1 unspecified atom stereocenters. The molecule has 0 amide bonds. The van der Waals surface area contributed by atoms with Crippen molar-refractivity contribution in [3.8, 4) is 0 Å². The number of alkyl halides is 1. The Morgan fingerprint density at radius 3 is 2.81 bits per heavy atom. The Bertz CT molecular complexity index is 690. The zero-order chi connectivity index (χ0) is 14.4. The fourth-order valence-corrected chi connectivity index (χ4v) is 4.99. The third-order valence-corrected chi connectivity index (χ3v) is 6.38. The first-order chi connectivity index (χ1) is 10.3. The Balaban J connectivity index is 1.90. The number of rotatable bonds is 1. The van der Waals surface area contributed by atoms with E-state index in [1.807, 2.05) is 6.07 Å². The van der Waals surface area contributed by atoms with Crippen molar-refractivity contribution < 1.29 is 9.13 Å². The van der Waals surface area contributed by atoms with E-state index in [0.717, 1.165) is 21.3 Å². The molecule has 4 heteroatoms. The molecular formula is C17H14FIOS. The average molecular weight is 412 g/mol. The molecule has 0 aromatic heterocycles. The van der Waals surface area contributed by atoms with Gasteiger partial charge in [-0.05, 0) is 41.8 Å². The fourth-order valence-electron chi connectivity index (χ4n) is 3.28. The summed E-state index contributed by atoms with van der Waals surface area (Å²) in [6.45, 7) is 0. The second-order valence-corrected chi connectivity index (χ2v) is 7.46. The SMILES string of the molecule is Fc1ccc2c(c1)[C@H]1OC(CI)C[C@@H]1c1ccccc1S2. The standard InChI is InChI=1S/C17H14FIOS/c18-10-5-6-16-14(7-10)17-13(8-11(9-19)20-17)12-3-1-2-4-15(12)21-16/h1-7,11,13,17H,8-9H2/t11?,13-,17+/m1/s1. The van der Waals surface area contributed by atoms with Crippen molar-refractivity contribution >= 4 is 34.4 Å². The van der Waals surface area contributed by atoms with E-state index >= 15 is 0 Å². The summed E-state index contributed by atoms with van der Waals surface area (Å²) in [4.78, 5) is 2.39. The van der Waals surface area contributed by atoms with Gasteiger partial charge in [-0.3, -0.25) is 0 Å². The van der Waals surface area contributed by atoms with Crippen molar-refractivity contribution in [2.45, 2.75) is 34.3 Å². The van der Waals surface area contributed by atoms with Crippen LogP contribution in [0.15, 0.2) is 52.3 Å². The van der Waals surface area contributed by atoms with Gasteiger partial charge in [-0.2, -0.15) is 0 Å². The minimum absolute atomic E-state index is 0.0217. The quantitative estimate of drug-likeness (QED) is 0.462. The number of ether oxygens (including phenoxy) is 1. The summed E-state index contributed by atoms with van der Waals surface area (Å²) in [7, 11) is 0. The highest BCUT2D eigenvalue weighted by Crippen LogP contribution is 2.53. The van der Waals surface area contributed by atoms with E-state index in [2.05, 4.69) is 46.9 Å². The van der Waals surface area contributed by atoms with Gasteiger partial charge >= 0.3 is 0 Å². The van der Waals surface area contributed by atoms with Crippen LogP contribution in [-0.4, -0.2) is 10.5 Å². The Labute approximate surface area is 141 Å². The lowest BCUT2D eigenvalue weighted by Gasteiger charge is -2.18. The maximum atomic E-state index is 13.7. The third kappa shape index (κ3) is 2.41. The van der Waals surface area contributed by atoms with Crippen LogP contribution in [0.3, 0.4) is 0 Å². The molecule has 2 heterocycles. The van der Waals surface area contributed by atoms with E-state index in [0.29, 0.717) is 5.92 Å². The molecule has 0 aliphatic carbocycles. The van der Waals surface area contributed by atoms with Crippen molar-refractivity contribution in [2.24, 2.45) is 0 Å². The van der Waals surface area contributed by atoms with Gasteiger partial charge in [-0.1, -0.05) is 52.6 Å². The van der Waals surface area contributed by atoms with Gasteiger partial charge in [0.2, 0.25) is 0 Å². The zero-order valence-corrected chi connectivity index (χ0v) is 14.2. The molecule has 108 valence electrons. The molecule has 2 aromatic carbocycles. The molecule has 21 heavy (non-hydrogen) atoms. The molecule has 4 rings (SSSR count). The lowest BCUT2D eigenvalue weighted by Crippen LogP contribution is -2.08. The van der Waals surface area contributed by atoms with Crippen LogP contribution < -0.4 is 0 Å². The molecule has 0 spiro atoms. The minimum Gasteiger partial charge on any atom is -0.369 e. The van der Waals surface area contributed by atoms with Gasteiger partial charge in [0.25, 0.3) is 0 Å². The Morgan fingerprint density at radius 2 is 1.95 bits per heavy atom. The summed E-state index contributed by atoms with van der Waals surface area (Å²) < 4.78 is 20.9. The molecule has 1 nitrogen and oxygen atoms in total. The smallest absolute Gasteiger partial charge is 0.123 e. The van der Waals surface area contributed by atoms with Gasteiger partial charge in [0, 0.05) is 20.1 Å². The molecule has 2 aliphatic heterocycles. The van der Waals surface area contributed by atoms with Crippen molar-refractivity contribution in [1.82, 2.24) is 0 Å². The van der Waals surface area contributed by atoms with Gasteiger partial charge in [0.15, 0.2) is 0 Å². The van der Waals surface area contributed by atoms with Crippen molar-refractivity contribution in [3.63, 3.8) is 0 Å². The summed E-state index contributed by atoms with van der Waals surface area (Å²) >= 11 is 4.10. The zero-order valence-electron chi connectivity index (χ0n) is 11.3. The first-order valence-electron chi connectivity index (χ1n) is 7.04. The molecule has 0 N–H and O–H groups in total. The topological polar surface area (TPSA) is 9.23 Å². The number of halogens is 2. The minimum atomic E-state index is -0.180. The molecule has 2 aliphatic rings. The summed E-state index contributed by atoms with van der Waals surface area (Å²) in [5.74, 6) is 0.150. The lowest BCUT2D eigenvalue weighted by molar-refractivity contribution is 0.0533. The van der Waals surface area contributed by atoms with Gasteiger partial charge in [-0.15, -0.1) is 0 Å². The fraction of sp³-hybridized carbons (Fsp3) is 0.294. The number of benzene rings is 2. The molecule has 1 fully saturated rings. The predicted octanol–water partition coefficient (Wildman–Crippen LogP) is 5.34. The molecule has 0 saturated carbocycles. The lowest BCUT2D eigenvalue weighted by atomic mass is 9.88. The van der Waals surface area contributed by atoms with Crippen LogP contribution in [0.1, 0.15) is 29.6 Å². The Hall–Kier alpha value is -0.590. The van der Waals surface area contributed by atoms with Crippen LogP contribution in [0.4, 0.5) is 4.39 Å². The number of hydrogen-bond donors (Lipinski definition) is 0. The molecule has 0 radical (unpaired) electrons. The highest BCUT2D eigenvalue weighted by atomic mass is 127. The molecular weight excluding hydrogens is 398 g/mol. The van der Waals surface area contributed by atoms with E-state index in [4.69, 9.17) is 4.74 Å². The Kier molecular flexibility index (Phi) is 3.71. The second-order valence-electron chi connectivity index (χ2n) is 5.50. The highest BCUT2D eigenvalue weighted by molar-refractivity contribution is 14.1. The van der Waals surface area contributed by atoms with Gasteiger partial charge in [0.05, 0.1) is 12.2 Å². The third-order valence-electron chi connectivity index (χ3n) is 4.21. The number of hydrogen-bond acceptors (Lipinski definition) is 2. The van der Waals surface area contributed by atoms with Crippen LogP contribution in [0.25, 0.3) is 0 Å². The summed E-state index contributed by atoms with van der Waals surface area (Å²) in [5, 5.41) is 0. The predicted molar refractivity (Wildman–Crippen MR) is 90.8 cm³/mol. The molecule has 0 bridgehead atoms. The average Bonchev–Trinajstić information content (AvgIpc) is 2.89. The van der Waals surface area contributed by atoms with E-state index in [-0.39, 0.29) is 18.0 Å². The largest absolute Gasteiger partial charge is 0.369 e. The van der Waals surface area contributed by atoms with Crippen molar-refractivity contribution in [3.05, 3.63) is 59.4 Å². The van der Waals surface area contributed by atoms with E-state index in [1.54, 1.807) is 23.9 Å². The summed E-state index contributed by atoms with van der Waals surface area (Å²) in [6, 6.07) is 13.6. The van der Waals surface area contributed by atoms with E-state index in [1.165, 1.54) is 10.5 Å². The molecule has 1 saturated heterocycles. The van der Waals surface area contributed by atoms with Gasteiger partial charge < -0.3 is 4.74 Å². The van der Waals surface area contributed by atoms with Gasteiger partial charge in [0.1, 0.15) is 5.82 Å².